The second kappa shape index (κ2) is 4.53. The van der Waals surface area contributed by atoms with Gasteiger partial charge in [0.1, 0.15) is 5.82 Å². The molecule has 0 aromatic heterocycles. The standard InChI is InChI=1S/C12H14FNO3/c1-12(2,11(16)17-3)8-5-4-7(10(14)15)6-9(8)13/h4-6H,1-3H3,(H2,14,15). The highest BCUT2D eigenvalue weighted by molar-refractivity contribution is 5.93. The van der Waals surface area contributed by atoms with Crippen molar-refractivity contribution in [3.8, 4) is 0 Å². The van der Waals surface area contributed by atoms with Crippen LogP contribution in [-0.4, -0.2) is 19.0 Å². The molecule has 0 unspecified atom stereocenters. The lowest BCUT2D eigenvalue weighted by molar-refractivity contribution is -0.146. The van der Waals surface area contributed by atoms with E-state index >= 15 is 0 Å². The van der Waals surface area contributed by atoms with Crippen molar-refractivity contribution in [3.05, 3.63) is 35.1 Å². The molecule has 1 aromatic rings. The average molecular weight is 239 g/mol. The van der Waals surface area contributed by atoms with Crippen molar-refractivity contribution in [1.82, 2.24) is 0 Å². The van der Waals surface area contributed by atoms with Gasteiger partial charge in [-0.25, -0.2) is 4.39 Å². The Balaban J connectivity index is 3.25. The van der Waals surface area contributed by atoms with Crippen LogP contribution in [-0.2, 0) is 14.9 Å². The average Bonchev–Trinajstić information content (AvgIpc) is 2.27. The van der Waals surface area contributed by atoms with Crippen molar-refractivity contribution in [3.63, 3.8) is 0 Å². The van der Waals surface area contributed by atoms with Gasteiger partial charge in [0.25, 0.3) is 0 Å². The number of rotatable bonds is 3. The van der Waals surface area contributed by atoms with E-state index in [0.717, 1.165) is 6.07 Å². The summed E-state index contributed by atoms with van der Waals surface area (Å²) >= 11 is 0. The molecule has 92 valence electrons. The van der Waals surface area contributed by atoms with Crippen LogP contribution in [0, 0.1) is 5.82 Å². The van der Waals surface area contributed by atoms with E-state index in [9.17, 15) is 14.0 Å². The summed E-state index contributed by atoms with van der Waals surface area (Å²) in [5.41, 5.74) is 4.14. The van der Waals surface area contributed by atoms with Crippen LogP contribution in [0.3, 0.4) is 0 Å². The van der Waals surface area contributed by atoms with Crippen molar-refractivity contribution < 1.29 is 18.7 Å². The maximum absolute atomic E-state index is 13.8. The van der Waals surface area contributed by atoms with Gasteiger partial charge in [-0.3, -0.25) is 9.59 Å². The molecule has 17 heavy (non-hydrogen) atoms. The Morgan fingerprint density at radius 3 is 2.35 bits per heavy atom. The van der Waals surface area contributed by atoms with Crippen LogP contribution in [0.4, 0.5) is 4.39 Å². The second-order valence-corrected chi connectivity index (χ2v) is 4.18. The lowest BCUT2D eigenvalue weighted by Crippen LogP contribution is -2.31. The van der Waals surface area contributed by atoms with Gasteiger partial charge in [-0.1, -0.05) is 6.07 Å². The molecule has 5 heteroatoms. The zero-order valence-electron chi connectivity index (χ0n) is 9.91. The molecule has 0 atom stereocenters. The molecule has 0 fully saturated rings. The highest BCUT2D eigenvalue weighted by atomic mass is 19.1. The Labute approximate surface area is 98.6 Å². The number of esters is 1. The molecule has 0 saturated carbocycles. The van der Waals surface area contributed by atoms with E-state index in [1.807, 2.05) is 0 Å². The monoisotopic (exact) mass is 239 g/mol. The Morgan fingerprint density at radius 2 is 1.94 bits per heavy atom. The smallest absolute Gasteiger partial charge is 0.315 e. The van der Waals surface area contributed by atoms with Crippen LogP contribution in [0.1, 0.15) is 29.8 Å². The maximum atomic E-state index is 13.8. The van der Waals surface area contributed by atoms with E-state index < -0.39 is 23.1 Å². The molecular weight excluding hydrogens is 225 g/mol. The predicted molar refractivity (Wildman–Crippen MR) is 60.0 cm³/mol. The summed E-state index contributed by atoms with van der Waals surface area (Å²) in [6, 6.07) is 3.76. The molecule has 0 radical (unpaired) electrons. The molecule has 4 nitrogen and oxygen atoms in total. The Hall–Kier alpha value is -1.91. The number of primary amides is 1. The number of halogens is 1. The van der Waals surface area contributed by atoms with Gasteiger partial charge in [-0.15, -0.1) is 0 Å². The molecule has 0 bridgehead atoms. The quantitative estimate of drug-likeness (QED) is 0.810. The van der Waals surface area contributed by atoms with Crippen LogP contribution < -0.4 is 5.73 Å². The van der Waals surface area contributed by atoms with Gasteiger partial charge in [0, 0.05) is 11.1 Å². The number of amides is 1. The number of carbonyl (C=O) groups is 2. The van der Waals surface area contributed by atoms with E-state index in [1.54, 1.807) is 13.8 Å². The first-order chi connectivity index (χ1) is 7.80. The van der Waals surface area contributed by atoms with Gasteiger partial charge in [-0.2, -0.15) is 0 Å². The SMILES string of the molecule is COC(=O)C(C)(C)c1ccc(C(N)=O)cc1F. The van der Waals surface area contributed by atoms with E-state index in [1.165, 1.54) is 19.2 Å². The highest BCUT2D eigenvalue weighted by Gasteiger charge is 2.33. The number of methoxy groups -OCH3 is 1. The Morgan fingerprint density at radius 1 is 1.35 bits per heavy atom. The van der Waals surface area contributed by atoms with Gasteiger partial charge in [0.2, 0.25) is 5.91 Å². The molecular formula is C12H14FNO3. The van der Waals surface area contributed by atoms with Crippen LogP contribution >= 0.6 is 0 Å². The summed E-state index contributed by atoms with van der Waals surface area (Å²) in [7, 11) is 1.24. The minimum atomic E-state index is -1.12. The molecule has 0 saturated heterocycles. The second-order valence-electron chi connectivity index (χ2n) is 4.18. The third-order valence-electron chi connectivity index (χ3n) is 2.62. The fraction of sp³-hybridized carbons (Fsp3) is 0.333. The van der Waals surface area contributed by atoms with E-state index in [0.29, 0.717) is 0 Å². The number of benzene rings is 1. The molecule has 1 rings (SSSR count). The first-order valence-corrected chi connectivity index (χ1v) is 4.99. The third-order valence-corrected chi connectivity index (χ3v) is 2.62. The van der Waals surface area contributed by atoms with Crippen LogP contribution in [0.2, 0.25) is 0 Å². The van der Waals surface area contributed by atoms with Crippen molar-refractivity contribution in [2.24, 2.45) is 5.73 Å². The molecule has 0 spiro atoms. The number of nitrogens with two attached hydrogens (primary N) is 1. The van der Waals surface area contributed by atoms with Gasteiger partial charge in [0.05, 0.1) is 12.5 Å². The van der Waals surface area contributed by atoms with E-state index in [4.69, 9.17) is 5.73 Å². The van der Waals surface area contributed by atoms with Gasteiger partial charge in [-0.05, 0) is 26.0 Å². The largest absolute Gasteiger partial charge is 0.468 e. The third kappa shape index (κ3) is 2.43. The zero-order chi connectivity index (χ0) is 13.2. The minimum absolute atomic E-state index is 0.0620. The molecule has 0 aliphatic carbocycles. The predicted octanol–water partition coefficient (Wildman–Crippen LogP) is 1.38. The molecule has 1 amide bonds. The fourth-order valence-corrected chi connectivity index (χ4v) is 1.54. The number of carbonyl (C=O) groups excluding carboxylic acids is 2. The van der Waals surface area contributed by atoms with E-state index in [2.05, 4.69) is 4.74 Å². The van der Waals surface area contributed by atoms with Crippen molar-refractivity contribution in [1.29, 1.82) is 0 Å². The number of hydrogen-bond donors (Lipinski definition) is 1. The van der Waals surface area contributed by atoms with Crippen LogP contribution in [0.15, 0.2) is 18.2 Å². The van der Waals surface area contributed by atoms with Gasteiger partial charge in [0.15, 0.2) is 0 Å². The first-order valence-electron chi connectivity index (χ1n) is 4.99. The summed E-state index contributed by atoms with van der Waals surface area (Å²) in [5, 5.41) is 0. The van der Waals surface area contributed by atoms with Crippen molar-refractivity contribution in [2.45, 2.75) is 19.3 Å². The van der Waals surface area contributed by atoms with Crippen molar-refractivity contribution in [2.75, 3.05) is 7.11 Å². The highest BCUT2D eigenvalue weighted by Crippen LogP contribution is 2.27. The van der Waals surface area contributed by atoms with Crippen LogP contribution in [0.25, 0.3) is 0 Å². The lowest BCUT2D eigenvalue weighted by atomic mass is 9.84. The Kier molecular flexibility index (Phi) is 3.50. The molecule has 0 heterocycles. The van der Waals surface area contributed by atoms with Crippen LogP contribution in [0.5, 0.6) is 0 Å². The summed E-state index contributed by atoms with van der Waals surface area (Å²) < 4.78 is 18.4. The lowest BCUT2D eigenvalue weighted by Gasteiger charge is -2.22. The minimum Gasteiger partial charge on any atom is -0.468 e. The molecule has 2 N–H and O–H groups in total. The summed E-state index contributed by atoms with van der Waals surface area (Å²) in [5.74, 6) is -1.92. The number of hydrogen-bond acceptors (Lipinski definition) is 3. The normalized spacial score (nSPS) is 11.1. The molecule has 0 aliphatic rings. The zero-order valence-corrected chi connectivity index (χ0v) is 9.91. The fourth-order valence-electron chi connectivity index (χ4n) is 1.54. The van der Waals surface area contributed by atoms with Crippen molar-refractivity contribution >= 4 is 11.9 Å². The van der Waals surface area contributed by atoms with Gasteiger partial charge >= 0.3 is 5.97 Å². The Bertz CT molecular complexity index is 469. The van der Waals surface area contributed by atoms with E-state index in [-0.39, 0.29) is 11.1 Å². The molecule has 0 aliphatic heterocycles. The number of ether oxygens (including phenoxy) is 1. The first kappa shape index (κ1) is 13.2. The maximum Gasteiger partial charge on any atom is 0.315 e. The summed E-state index contributed by atoms with van der Waals surface area (Å²) in [4.78, 5) is 22.4. The summed E-state index contributed by atoms with van der Waals surface area (Å²) in [6.45, 7) is 3.09. The van der Waals surface area contributed by atoms with Gasteiger partial charge < -0.3 is 10.5 Å². The topological polar surface area (TPSA) is 69.4 Å². The molecule has 1 aromatic carbocycles. The summed E-state index contributed by atoms with van der Waals surface area (Å²) in [6.07, 6.45) is 0.